The van der Waals surface area contributed by atoms with Crippen molar-refractivity contribution in [3.05, 3.63) is 34.2 Å². The Kier molecular flexibility index (Phi) is 2.56. The lowest BCUT2D eigenvalue weighted by atomic mass is 10.1. The molecule has 0 aliphatic carbocycles. The van der Waals surface area contributed by atoms with E-state index in [0.717, 1.165) is 10.9 Å². The third-order valence-corrected chi connectivity index (χ3v) is 2.38. The second-order valence-corrected chi connectivity index (χ2v) is 3.57. The molecule has 0 bridgehead atoms. The van der Waals surface area contributed by atoms with Crippen LogP contribution < -0.4 is 16.1 Å². The Labute approximate surface area is 92.6 Å². The maximum Gasteiger partial charge on any atom is 0.336 e. The van der Waals surface area contributed by atoms with Crippen LogP contribution in [0, 0.1) is 6.92 Å². The second kappa shape index (κ2) is 3.89. The molecule has 0 saturated carbocycles. The molecule has 0 aliphatic rings. The van der Waals surface area contributed by atoms with Crippen LogP contribution in [0.5, 0.6) is 5.75 Å². The molecule has 0 aliphatic heterocycles. The summed E-state index contributed by atoms with van der Waals surface area (Å²) in [6, 6.07) is 4.86. The standard InChI is InChI=1S/C12H13NO3/c1-3-15-11-6-10-8(5-9(11)13)7(2)4-12(14)16-10/h4-6H,3,13H2,1-2H3. The molecular weight excluding hydrogens is 206 g/mol. The summed E-state index contributed by atoms with van der Waals surface area (Å²) in [6.45, 7) is 4.24. The fourth-order valence-corrected chi connectivity index (χ4v) is 1.64. The van der Waals surface area contributed by atoms with E-state index < -0.39 is 0 Å². The zero-order valence-corrected chi connectivity index (χ0v) is 9.24. The monoisotopic (exact) mass is 219 g/mol. The Balaban J connectivity index is 2.74. The van der Waals surface area contributed by atoms with Crippen molar-refractivity contribution >= 4 is 16.7 Å². The van der Waals surface area contributed by atoms with E-state index in [2.05, 4.69) is 0 Å². The van der Waals surface area contributed by atoms with Crippen LogP contribution in [0.1, 0.15) is 12.5 Å². The molecular formula is C12H13NO3. The third kappa shape index (κ3) is 1.74. The van der Waals surface area contributed by atoms with Gasteiger partial charge in [0, 0.05) is 17.5 Å². The number of anilines is 1. The van der Waals surface area contributed by atoms with Crippen molar-refractivity contribution < 1.29 is 9.15 Å². The van der Waals surface area contributed by atoms with Gasteiger partial charge in [0.2, 0.25) is 0 Å². The predicted molar refractivity (Wildman–Crippen MR) is 62.8 cm³/mol. The van der Waals surface area contributed by atoms with E-state index in [0.29, 0.717) is 23.6 Å². The molecule has 2 N–H and O–H groups in total. The minimum Gasteiger partial charge on any atom is -0.492 e. The van der Waals surface area contributed by atoms with Crippen LogP contribution in [0.3, 0.4) is 0 Å². The molecule has 0 unspecified atom stereocenters. The van der Waals surface area contributed by atoms with Crippen LogP contribution in [0.25, 0.3) is 11.0 Å². The zero-order valence-electron chi connectivity index (χ0n) is 9.24. The van der Waals surface area contributed by atoms with E-state index in [1.165, 1.54) is 6.07 Å². The molecule has 1 aromatic carbocycles. The number of rotatable bonds is 2. The summed E-state index contributed by atoms with van der Waals surface area (Å²) >= 11 is 0. The predicted octanol–water partition coefficient (Wildman–Crippen LogP) is 2.08. The van der Waals surface area contributed by atoms with E-state index >= 15 is 0 Å². The average Bonchev–Trinajstić information content (AvgIpc) is 2.21. The highest BCUT2D eigenvalue weighted by Crippen LogP contribution is 2.28. The summed E-state index contributed by atoms with van der Waals surface area (Å²) in [7, 11) is 0. The number of nitrogens with two attached hydrogens (primary N) is 1. The summed E-state index contributed by atoms with van der Waals surface area (Å²) in [5.41, 5.74) is 7.37. The Morgan fingerprint density at radius 3 is 2.81 bits per heavy atom. The smallest absolute Gasteiger partial charge is 0.336 e. The SMILES string of the molecule is CCOc1cc2oc(=O)cc(C)c2cc1N. The van der Waals surface area contributed by atoms with Gasteiger partial charge < -0.3 is 14.9 Å². The lowest BCUT2D eigenvalue weighted by Gasteiger charge is -2.08. The van der Waals surface area contributed by atoms with E-state index in [1.54, 1.807) is 12.1 Å². The second-order valence-electron chi connectivity index (χ2n) is 3.57. The van der Waals surface area contributed by atoms with Gasteiger partial charge in [-0.15, -0.1) is 0 Å². The van der Waals surface area contributed by atoms with Crippen LogP contribution in [-0.4, -0.2) is 6.61 Å². The lowest BCUT2D eigenvalue weighted by Crippen LogP contribution is -2.01. The number of nitrogen functional groups attached to an aromatic ring is 1. The van der Waals surface area contributed by atoms with Crippen LogP contribution in [0.4, 0.5) is 5.69 Å². The average molecular weight is 219 g/mol. The molecule has 0 amide bonds. The van der Waals surface area contributed by atoms with Crippen molar-refractivity contribution in [3.63, 3.8) is 0 Å². The molecule has 2 rings (SSSR count). The van der Waals surface area contributed by atoms with Gasteiger partial charge in [0.25, 0.3) is 0 Å². The van der Waals surface area contributed by atoms with Crippen molar-refractivity contribution in [1.82, 2.24) is 0 Å². The molecule has 1 aromatic heterocycles. The van der Waals surface area contributed by atoms with Crippen molar-refractivity contribution in [3.8, 4) is 5.75 Å². The summed E-state index contributed by atoms with van der Waals surface area (Å²) in [4.78, 5) is 11.2. The number of benzene rings is 1. The third-order valence-electron chi connectivity index (χ3n) is 2.38. The van der Waals surface area contributed by atoms with Crippen LogP contribution in [0.15, 0.2) is 27.4 Å². The van der Waals surface area contributed by atoms with E-state index in [-0.39, 0.29) is 5.63 Å². The molecule has 0 spiro atoms. The van der Waals surface area contributed by atoms with Crippen molar-refractivity contribution in [2.24, 2.45) is 0 Å². The first kappa shape index (κ1) is 10.5. The maximum atomic E-state index is 11.2. The highest BCUT2D eigenvalue weighted by Gasteiger charge is 2.07. The first-order chi connectivity index (χ1) is 7.61. The fourth-order valence-electron chi connectivity index (χ4n) is 1.64. The van der Waals surface area contributed by atoms with Gasteiger partial charge in [-0.1, -0.05) is 0 Å². The summed E-state index contributed by atoms with van der Waals surface area (Å²) in [5, 5.41) is 0.834. The molecule has 2 aromatic rings. The van der Waals surface area contributed by atoms with Gasteiger partial charge in [-0.2, -0.15) is 0 Å². The molecule has 0 atom stereocenters. The van der Waals surface area contributed by atoms with Gasteiger partial charge in [0.15, 0.2) is 0 Å². The molecule has 4 heteroatoms. The molecule has 0 saturated heterocycles. The number of ether oxygens (including phenoxy) is 1. The molecule has 84 valence electrons. The van der Waals surface area contributed by atoms with E-state index in [4.69, 9.17) is 14.9 Å². The topological polar surface area (TPSA) is 65.5 Å². The zero-order chi connectivity index (χ0) is 11.7. The molecule has 0 fully saturated rings. The minimum absolute atomic E-state index is 0.364. The Morgan fingerprint density at radius 1 is 1.38 bits per heavy atom. The van der Waals surface area contributed by atoms with Gasteiger partial charge >= 0.3 is 5.63 Å². The number of aryl methyl sites for hydroxylation is 1. The van der Waals surface area contributed by atoms with Crippen molar-refractivity contribution in [2.75, 3.05) is 12.3 Å². The number of hydrogen-bond acceptors (Lipinski definition) is 4. The van der Waals surface area contributed by atoms with Gasteiger partial charge in [0.05, 0.1) is 12.3 Å². The highest BCUT2D eigenvalue weighted by atomic mass is 16.5. The van der Waals surface area contributed by atoms with Gasteiger partial charge in [-0.3, -0.25) is 0 Å². The fraction of sp³-hybridized carbons (Fsp3) is 0.250. The number of fused-ring (bicyclic) bond motifs is 1. The van der Waals surface area contributed by atoms with Crippen LogP contribution in [0.2, 0.25) is 0 Å². The van der Waals surface area contributed by atoms with Crippen LogP contribution >= 0.6 is 0 Å². The Bertz CT molecular complexity index is 587. The van der Waals surface area contributed by atoms with Gasteiger partial charge in [-0.25, -0.2) is 4.79 Å². The molecule has 16 heavy (non-hydrogen) atoms. The van der Waals surface area contributed by atoms with Crippen molar-refractivity contribution in [2.45, 2.75) is 13.8 Å². The minimum atomic E-state index is -0.364. The maximum absolute atomic E-state index is 11.2. The quantitative estimate of drug-likeness (QED) is 0.620. The van der Waals surface area contributed by atoms with E-state index in [1.807, 2.05) is 13.8 Å². The summed E-state index contributed by atoms with van der Waals surface area (Å²) in [6.07, 6.45) is 0. The Hall–Kier alpha value is -1.97. The summed E-state index contributed by atoms with van der Waals surface area (Å²) < 4.78 is 10.4. The molecule has 0 radical (unpaired) electrons. The Morgan fingerprint density at radius 2 is 2.12 bits per heavy atom. The van der Waals surface area contributed by atoms with Gasteiger partial charge in [-0.05, 0) is 25.5 Å². The molecule has 1 heterocycles. The summed E-state index contributed by atoms with van der Waals surface area (Å²) in [5.74, 6) is 0.545. The van der Waals surface area contributed by atoms with Gasteiger partial charge in [0.1, 0.15) is 11.3 Å². The normalized spacial score (nSPS) is 10.6. The number of hydrogen-bond donors (Lipinski definition) is 1. The highest BCUT2D eigenvalue weighted by molar-refractivity contribution is 5.86. The van der Waals surface area contributed by atoms with E-state index in [9.17, 15) is 4.79 Å². The molecule has 4 nitrogen and oxygen atoms in total. The first-order valence-electron chi connectivity index (χ1n) is 5.08. The lowest BCUT2D eigenvalue weighted by molar-refractivity contribution is 0.342. The largest absolute Gasteiger partial charge is 0.492 e. The first-order valence-corrected chi connectivity index (χ1v) is 5.08. The van der Waals surface area contributed by atoms with Crippen molar-refractivity contribution in [1.29, 1.82) is 0 Å². The van der Waals surface area contributed by atoms with Crippen LogP contribution in [-0.2, 0) is 0 Å².